The number of sulfonamides is 1. The van der Waals surface area contributed by atoms with Crippen LogP contribution in [0.5, 0.6) is 0 Å². The normalized spacial score (nSPS) is 15.0. The highest BCUT2D eigenvalue weighted by molar-refractivity contribution is 7.88. The molecule has 1 fully saturated rings. The number of rotatable bonds is 6. The van der Waals surface area contributed by atoms with Crippen LogP contribution in [-0.4, -0.2) is 68.2 Å². The number of carbonyl (C=O) groups is 1. The third-order valence-electron chi connectivity index (χ3n) is 4.38. The van der Waals surface area contributed by atoms with Gasteiger partial charge in [-0.3, -0.25) is 4.79 Å². The number of nitrogens with zero attached hydrogens (tertiary/aromatic N) is 4. The first-order valence-electron chi connectivity index (χ1n) is 8.77. The molecule has 0 spiro atoms. The lowest BCUT2D eigenvalue weighted by atomic mass is 10.1. The molecule has 27 heavy (non-hydrogen) atoms. The molecule has 2 heterocycles. The molecule has 0 saturated carbocycles. The summed E-state index contributed by atoms with van der Waals surface area (Å²) >= 11 is 0. The summed E-state index contributed by atoms with van der Waals surface area (Å²) < 4.78 is 24.6. The van der Waals surface area contributed by atoms with Crippen molar-refractivity contribution in [3.05, 3.63) is 53.9 Å². The van der Waals surface area contributed by atoms with Gasteiger partial charge in [-0.1, -0.05) is 12.1 Å². The number of amides is 1. The fraction of sp³-hybridized carbons (Fsp3) is 0.389. The third-order valence-corrected chi connectivity index (χ3v) is 5.11. The molecule has 1 aliphatic heterocycles. The minimum atomic E-state index is -3.18. The predicted octanol–water partition coefficient (Wildman–Crippen LogP) is 0.531. The third kappa shape index (κ3) is 5.48. The van der Waals surface area contributed by atoms with E-state index in [9.17, 15) is 13.2 Å². The first-order chi connectivity index (χ1) is 12.9. The monoisotopic (exact) mass is 389 g/mol. The van der Waals surface area contributed by atoms with E-state index in [4.69, 9.17) is 0 Å². The Morgan fingerprint density at radius 3 is 2.30 bits per heavy atom. The minimum Gasteiger partial charge on any atom is -0.337 e. The molecule has 1 N–H and O–H groups in total. The molecule has 1 aromatic heterocycles. The molecule has 0 atom stereocenters. The van der Waals surface area contributed by atoms with Crippen LogP contribution in [-0.2, 0) is 16.4 Å². The van der Waals surface area contributed by atoms with E-state index in [0.29, 0.717) is 50.7 Å². The van der Waals surface area contributed by atoms with Gasteiger partial charge in [-0.05, 0) is 30.2 Å². The fourth-order valence-corrected chi connectivity index (χ4v) is 3.41. The van der Waals surface area contributed by atoms with Gasteiger partial charge >= 0.3 is 0 Å². The Morgan fingerprint density at radius 1 is 1.07 bits per heavy atom. The summed E-state index contributed by atoms with van der Waals surface area (Å²) in [5.41, 5.74) is 1.62. The summed E-state index contributed by atoms with van der Waals surface area (Å²) in [6.45, 7) is 2.99. The molecule has 8 nitrogen and oxygen atoms in total. The molecule has 0 unspecified atom stereocenters. The van der Waals surface area contributed by atoms with Crippen LogP contribution in [0.4, 0.5) is 5.95 Å². The maximum absolute atomic E-state index is 12.7. The Labute approximate surface area is 159 Å². The van der Waals surface area contributed by atoms with Gasteiger partial charge in [-0.15, -0.1) is 0 Å². The number of hydrogen-bond donors (Lipinski definition) is 1. The number of benzene rings is 1. The van der Waals surface area contributed by atoms with Crippen molar-refractivity contribution in [2.24, 2.45) is 0 Å². The molecule has 3 rings (SSSR count). The minimum absolute atomic E-state index is 0.00411. The molecular formula is C18H23N5O3S. The zero-order chi connectivity index (χ0) is 19.3. The van der Waals surface area contributed by atoms with Crippen LogP contribution in [0.25, 0.3) is 0 Å². The maximum Gasteiger partial charge on any atom is 0.253 e. The molecule has 1 aromatic carbocycles. The summed E-state index contributed by atoms with van der Waals surface area (Å²) in [4.78, 5) is 25.1. The van der Waals surface area contributed by atoms with E-state index in [2.05, 4.69) is 19.6 Å². The van der Waals surface area contributed by atoms with Crippen molar-refractivity contribution < 1.29 is 13.2 Å². The second-order valence-corrected chi connectivity index (χ2v) is 8.27. The van der Waals surface area contributed by atoms with Crippen LogP contribution in [0, 0.1) is 0 Å². The lowest BCUT2D eigenvalue weighted by Crippen LogP contribution is -2.49. The van der Waals surface area contributed by atoms with Gasteiger partial charge in [-0.2, -0.15) is 0 Å². The Kier molecular flexibility index (Phi) is 6.02. The molecular weight excluding hydrogens is 366 g/mol. The molecule has 1 saturated heterocycles. The van der Waals surface area contributed by atoms with E-state index in [0.717, 1.165) is 11.8 Å². The van der Waals surface area contributed by atoms with E-state index in [1.807, 2.05) is 17.0 Å². The second kappa shape index (κ2) is 8.45. The highest BCUT2D eigenvalue weighted by atomic mass is 32.2. The van der Waals surface area contributed by atoms with Gasteiger partial charge in [0.25, 0.3) is 5.91 Å². The number of piperazine rings is 1. The average molecular weight is 389 g/mol. The smallest absolute Gasteiger partial charge is 0.253 e. The number of hydrogen-bond acceptors (Lipinski definition) is 6. The van der Waals surface area contributed by atoms with Crippen molar-refractivity contribution in [2.45, 2.75) is 6.42 Å². The summed E-state index contributed by atoms with van der Waals surface area (Å²) in [5, 5.41) is 0. The van der Waals surface area contributed by atoms with Crippen molar-refractivity contribution in [3.63, 3.8) is 0 Å². The quantitative estimate of drug-likeness (QED) is 0.774. The zero-order valence-corrected chi connectivity index (χ0v) is 16.0. The van der Waals surface area contributed by atoms with Gasteiger partial charge in [0, 0.05) is 50.7 Å². The van der Waals surface area contributed by atoms with Crippen LogP contribution in [0.2, 0.25) is 0 Å². The van der Waals surface area contributed by atoms with E-state index >= 15 is 0 Å². The van der Waals surface area contributed by atoms with Gasteiger partial charge in [0.05, 0.1) is 6.26 Å². The number of carbonyl (C=O) groups excluding carboxylic acids is 1. The molecule has 0 radical (unpaired) electrons. The largest absolute Gasteiger partial charge is 0.337 e. The Balaban J connectivity index is 1.52. The van der Waals surface area contributed by atoms with Crippen LogP contribution >= 0.6 is 0 Å². The maximum atomic E-state index is 12.7. The number of nitrogens with one attached hydrogen (secondary N) is 1. The predicted molar refractivity (Wildman–Crippen MR) is 103 cm³/mol. The van der Waals surface area contributed by atoms with Gasteiger partial charge < -0.3 is 9.80 Å². The zero-order valence-electron chi connectivity index (χ0n) is 15.2. The Bertz CT molecular complexity index is 864. The fourth-order valence-electron chi connectivity index (χ4n) is 2.94. The molecule has 1 amide bonds. The van der Waals surface area contributed by atoms with Crippen LogP contribution in [0.3, 0.4) is 0 Å². The lowest BCUT2D eigenvalue weighted by Gasteiger charge is -2.34. The second-order valence-electron chi connectivity index (χ2n) is 6.44. The van der Waals surface area contributed by atoms with Crippen molar-refractivity contribution in [1.82, 2.24) is 19.6 Å². The van der Waals surface area contributed by atoms with Crippen molar-refractivity contribution in [2.75, 3.05) is 43.9 Å². The molecule has 0 bridgehead atoms. The average Bonchev–Trinajstić information content (AvgIpc) is 2.68. The van der Waals surface area contributed by atoms with Crippen LogP contribution in [0.15, 0.2) is 42.7 Å². The molecule has 9 heteroatoms. The topological polar surface area (TPSA) is 95.5 Å². The van der Waals surface area contributed by atoms with Gasteiger partial charge in [-0.25, -0.2) is 23.1 Å². The van der Waals surface area contributed by atoms with Crippen molar-refractivity contribution in [3.8, 4) is 0 Å². The van der Waals surface area contributed by atoms with Crippen LogP contribution in [0.1, 0.15) is 15.9 Å². The summed E-state index contributed by atoms with van der Waals surface area (Å²) in [6, 6.07) is 9.11. The van der Waals surface area contributed by atoms with E-state index in [-0.39, 0.29) is 5.91 Å². The van der Waals surface area contributed by atoms with E-state index < -0.39 is 10.0 Å². The molecule has 1 aliphatic rings. The van der Waals surface area contributed by atoms with Gasteiger partial charge in [0.2, 0.25) is 16.0 Å². The van der Waals surface area contributed by atoms with Crippen molar-refractivity contribution >= 4 is 21.9 Å². The van der Waals surface area contributed by atoms with E-state index in [1.165, 1.54) is 0 Å². The lowest BCUT2D eigenvalue weighted by molar-refractivity contribution is 0.0746. The summed E-state index contributed by atoms with van der Waals surface area (Å²) in [6.07, 6.45) is 5.15. The molecule has 144 valence electrons. The standard InChI is InChI=1S/C18H23N5O3S/c1-27(25,26)21-10-7-15-3-5-16(6-4-15)17(24)22-11-13-23(14-12-22)18-19-8-2-9-20-18/h2-6,8-9,21H,7,10-14H2,1H3. The van der Waals surface area contributed by atoms with E-state index in [1.54, 1.807) is 30.6 Å². The first-order valence-corrected chi connectivity index (χ1v) is 10.7. The highest BCUT2D eigenvalue weighted by Crippen LogP contribution is 2.13. The van der Waals surface area contributed by atoms with Crippen LogP contribution < -0.4 is 9.62 Å². The Hall–Kier alpha value is -2.52. The number of aromatic nitrogens is 2. The summed E-state index contributed by atoms with van der Waals surface area (Å²) in [5.74, 6) is 0.695. The highest BCUT2D eigenvalue weighted by Gasteiger charge is 2.23. The summed E-state index contributed by atoms with van der Waals surface area (Å²) in [7, 11) is -3.18. The Morgan fingerprint density at radius 2 is 1.70 bits per heavy atom. The SMILES string of the molecule is CS(=O)(=O)NCCc1ccc(C(=O)N2CCN(c3ncccn3)CC2)cc1. The molecule has 0 aliphatic carbocycles. The van der Waals surface area contributed by atoms with Crippen molar-refractivity contribution in [1.29, 1.82) is 0 Å². The number of anilines is 1. The van der Waals surface area contributed by atoms with Gasteiger partial charge in [0.15, 0.2) is 0 Å². The molecule has 2 aromatic rings. The first kappa shape index (κ1) is 19.2. The van der Waals surface area contributed by atoms with Gasteiger partial charge in [0.1, 0.15) is 0 Å².